The first kappa shape index (κ1) is 28.7. The molecule has 0 aromatic heterocycles. The molecule has 0 spiro atoms. The maximum atomic E-state index is 13.3. The summed E-state index contributed by atoms with van der Waals surface area (Å²) >= 11 is 0. The Hall–Kier alpha value is -1.33. The molecule has 0 aromatic carbocycles. The highest BCUT2D eigenvalue weighted by Gasteiger charge is 2.71. The number of nitrogens with two attached hydrogens (primary N) is 1. The Bertz CT molecular complexity index is 906. The summed E-state index contributed by atoms with van der Waals surface area (Å²) < 4.78 is 85.2. The molecular weight excluding hydrogens is 504 g/mol. The Labute approximate surface area is 212 Å². The van der Waals surface area contributed by atoms with E-state index in [2.05, 4.69) is 13.0 Å². The van der Waals surface area contributed by atoms with E-state index in [0.29, 0.717) is 38.0 Å². The highest BCUT2D eigenvalue weighted by molar-refractivity contribution is 5.71. The van der Waals surface area contributed by atoms with Gasteiger partial charge in [0.25, 0.3) is 5.60 Å². The topological polar surface area (TPSA) is 92.8 Å². The number of carbonyl (C=O) groups is 1. The smallest absolute Gasteiger partial charge is 0.426 e. The second-order valence-corrected chi connectivity index (χ2v) is 12.2. The summed E-state index contributed by atoms with van der Waals surface area (Å²) in [6.07, 6.45) is -8.47. The van der Waals surface area contributed by atoms with Crippen molar-refractivity contribution >= 4 is 5.97 Å². The van der Waals surface area contributed by atoms with Crippen LogP contribution in [0.3, 0.4) is 0 Å². The van der Waals surface area contributed by atoms with Gasteiger partial charge in [0.2, 0.25) is 0 Å². The van der Waals surface area contributed by atoms with Crippen LogP contribution in [0.15, 0.2) is 11.6 Å². The average molecular weight is 542 g/mol. The summed E-state index contributed by atoms with van der Waals surface area (Å²) in [5.74, 6) is -0.640. The van der Waals surface area contributed by atoms with E-state index in [4.69, 9.17) is 10.5 Å². The number of aliphatic hydroxyl groups is 2. The van der Waals surface area contributed by atoms with Crippen molar-refractivity contribution in [2.24, 2.45) is 40.2 Å². The Morgan fingerprint density at radius 1 is 1.08 bits per heavy atom. The number of esters is 1. The molecular formula is C26H37F6NO4. The van der Waals surface area contributed by atoms with Crippen LogP contribution < -0.4 is 5.73 Å². The number of fused-ring (bicyclic) bond motifs is 5. The molecule has 11 heteroatoms. The van der Waals surface area contributed by atoms with E-state index in [0.717, 1.165) is 19.3 Å². The highest BCUT2D eigenvalue weighted by atomic mass is 19.4. The Morgan fingerprint density at radius 2 is 1.73 bits per heavy atom. The molecule has 4 N–H and O–H groups in total. The van der Waals surface area contributed by atoms with Crippen LogP contribution in [0, 0.1) is 34.5 Å². The predicted octanol–water partition coefficient (Wildman–Crippen LogP) is 5.04. The van der Waals surface area contributed by atoms with Gasteiger partial charge in [0, 0.05) is 12.8 Å². The molecule has 0 amide bonds. The molecule has 4 aliphatic rings. The Morgan fingerprint density at radius 3 is 2.32 bits per heavy atom. The van der Waals surface area contributed by atoms with Crippen molar-refractivity contribution in [2.45, 2.75) is 102 Å². The fourth-order valence-electron chi connectivity index (χ4n) is 8.47. The average Bonchev–Trinajstić information content (AvgIpc) is 3.15. The predicted molar refractivity (Wildman–Crippen MR) is 122 cm³/mol. The number of rotatable bonds is 5. The summed E-state index contributed by atoms with van der Waals surface area (Å²) in [6.45, 7) is 3.93. The van der Waals surface area contributed by atoms with Crippen molar-refractivity contribution in [3.05, 3.63) is 11.6 Å². The van der Waals surface area contributed by atoms with Crippen LogP contribution in [0.5, 0.6) is 0 Å². The molecule has 0 aromatic rings. The molecule has 0 heterocycles. The van der Waals surface area contributed by atoms with E-state index in [1.54, 1.807) is 0 Å². The summed E-state index contributed by atoms with van der Waals surface area (Å²) in [6, 6.07) is 0. The third-order valence-corrected chi connectivity index (χ3v) is 10.5. The molecule has 0 radical (unpaired) electrons. The van der Waals surface area contributed by atoms with Gasteiger partial charge in [-0.1, -0.05) is 25.5 Å². The Balaban J connectivity index is 1.52. The normalized spacial score (nSPS) is 39.2. The lowest BCUT2D eigenvalue weighted by molar-refractivity contribution is -0.375. The van der Waals surface area contributed by atoms with E-state index in [-0.39, 0.29) is 29.9 Å². The van der Waals surface area contributed by atoms with E-state index in [1.165, 1.54) is 5.57 Å². The van der Waals surface area contributed by atoms with Crippen LogP contribution in [-0.2, 0) is 9.53 Å². The first-order valence-electron chi connectivity index (χ1n) is 13.1. The lowest BCUT2D eigenvalue weighted by atomic mass is 9.47. The second-order valence-electron chi connectivity index (χ2n) is 12.2. The van der Waals surface area contributed by atoms with E-state index in [1.807, 2.05) is 6.92 Å². The van der Waals surface area contributed by atoms with Gasteiger partial charge in [-0.15, -0.1) is 0 Å². The monoisotopic (exact) mass is 541 g/mol. The number of alkyl halides is 6. The number of hydrogen-bond donors (Lipinski definition) is 3. The molecule has 37 heavy (non-hydrogen) atoms. The first-order valence-corrected chi connectivity index (χ1v) is 13.1. The van der Waals surface area contributed by atoms with Gasteiger partial charge < -0.3 is 20.7 Å². The van der Waals surface area contributed by atoms with Crippen molar-refractivity contribution in [3.8, 4) is 0 Å². The molecule has 4 rings (SSSR count). The first-order chi connectivity index (χ1) is 17.0. The third kappa shape index (κ3) is 4.60. The van der Waals surface area contributed by atoms with Crippen LogP contribution in [-0.4, -0.2) is 52.9 Å². The highest BCUT2D eigenvalue weighted by Crippen LogP contribution is 2.67. The molecule has 3 saturated carbocycles. The van der Waals surface area contributed by atoms with Gasteiger partial charge in [0.05, 0.1) is 12.6 Å². The second kappa shape index (κ2) is 9.40. The zero-order valence-electron chi connectivity index (χ0n) is 21.2. The molecule has 0 unspecified atom stereocenters. The van der Waals surface area contributed by atoms with Crippen molar-refractivity contribution in [2.75, 3.05) is 6.54 Å². The van der Waals surface area contributed by atoms with Crippen LogP contribution in [0.25, 0.3) is 0 Å². The summed E-state index contributed by atoms with van der Waals surface area (Å²) in [7, 11) is 0. The van der Waals surface area contributed by atoms with E-state index >= 15 is 0 Å². The van der Waals surface area contributed by atoms with Crippen molar-refractivity contribution < 1.29 is 46.1 Å². The minimum Gasteiger partial charge on any atom is -0.461 e. The quantitative estimate of drug-likeness (QED) is 0.258. The van der Waals surface area contributed by atoms with Gasteiger partial charge >= 0.3 is 18.3 Å². The van der Waals surface area contributed by atoms with Gasteiger partial charge in [0.1, 0.15) is 6.10 Å². The largest absolute Gasteiger partial charge is 0.461 e. The number of carbonyl (C=O) groups excluding carboxylic acids is 1. The van der Waals surface area contributed by atoms with E-state index in [9.17, 15) is 41.4 Å². The lowest BCUT2D eigenvalue weighted by Crippen LogP contribution is -2.59. The minimum absolute atomic E-state index is 0.0539. The molecule has 5 nitrogen and oxygen atoms in total. The van der Waals surface area contributed by atoms with Crippen molar-refractivity contribution in [1.82, 2.24) is 0 Å². The maximum Gasteiger partial charge on any atom is 0.426 e. The van der Waals surface area contributed by atoms with Gasteiger partial charge in [-0.2, -0.15) is 26.3 Å². The SMILES string of the molecule is C[C@]12CC[C@H]3[C@@H](CC=C4C[C@@H](OC(=O)CN)CC[C@@]43C)[C@@H]1CC[C@@H]2[C@H](O)CC(O)(C(F)(F)F)C(F)(F)F. The minimum atomic E-state index is -5.95. The van der Waals surface area contributed by atoms with Crippen LogP contribution in [0.1, 0.15) is 71.6 Å². The Kier molecular flexibility index (Phi) is 7.28. The fraction of sp³-hybridized carbons (Fsp3) is 0.885. The molecule has 0 aliphatic heterocycles. The van der Waals surface area contributed by atoms with Crippen LogP contribution >= 0.6 is 0 Å². The zero-order chi connectivity index (χ0) is 27.6. The molecule has 212 valence electrons. The summed E-state index contributed by atoms with van der Waals surface area (Å²) in [5.41, 5.74) is 0.937. The molecule has 3 fully saturated rings. The third-order valence-electron chi connectivity index (χ3n) is 10.5. The van der Waals surface area contributed by atoms with Crippen molar-refractivity contribution in [1.29, 1.82) is 0 Å². The summed E-state index contributed by atoms with van der Waals surface area (Å²) in [4.78, 5) is 11.7. The zero-order valence-corrected chi connectivity index (χ0v) is 21.2. The van der Waals surface area contributed by atoms with Gasteiger partial charge in [0.15, 0.2) is 0 Å². The number of halogens is 6. The van der Waals surface area contributed by atoms with Crippen LogP contribution in [0.4, 0.5) is 26.3 Å². The number of ether oxygens (including phenoxy) is 1. The number of aliphatic hydroxyl groups excluding tert-OH is 1. The van der Waals surface area contributed by atoms with E-state index < -0.39 is 47.8 Å². The standard InChI is InChI=1S/C26H37F6NO4/c1-22-9-7-15(37-21(35)13-33)11-14(22)3-4-16-17-5-6-19(23(17,2)10-8-18(16)22)20(34)12-24(36,25(27,28)29)26(30,31)32/h3,15-20,34,36H,4-13,33H2,1-2H3/t15-,16-,17-,18-,19+,20+,22-,23-/m0/s1. The number of allylic oxidation sites excluding steroid dienone is 1. The van der Waals surface area contributed by atoms with Gasteiger partial charge in [-0.25, -0.2) is 0 Å². The molecule has 8 atom stereocenters. The summed E-state index contributed by atoms with van der Waals surface area (Å²) in [5, 5.41) is 20.4. The molecule has 4 aliphatic carbocycles. The number of hydrogen-bond acceptors (Lipinski definition) is 5. The van der Waals surface area contributed by atoms with Crippen LogP contribution in [0.2, 0.25) is 0 Å². The van der Waals surface area contributed by atoms with Gasteiger partial charge in [-0.05, 0) is 79.4 Å². The lowest BCUT2D eigenvalue weighted by Gasteiger charge is -2.58. The molecule has 0 saturated heterocycles. The van der Waals surface area contributed by atoms with Gasteiger partial charge in [-0.3, -0.25) is 4.79 Å². The maximum absolute atomic E-state index is 13.3. The van der Waals surface area contributed by atoms with Crippen molar-refractivity contribution in [3.63, 3.8) is 0 Å². The molecule has 0 bridgehead atoms. The fourth-order valence-corrected chi connectivity index (χ4v) is 8.47.